The van der Waals surface area contributed by atoms with Crippen LogP contribution in [0.3, 0.4) is 0 Å². The van der Waals surface area contributed by atoms with Crippen molar-refractivity contribution in [2.45, 2.75) is 45.8 Å². The summed E-state index contributed by atoms with van der Waals surface area (Å²) in [7, 11) is 0. The average molecular weight is 248 g/mol. The Kier molecular flexibility index (Phi) is 4.72. The summed E-state index contributed by atoms with van der Waals surface area (Å²) in [5.41, 5.74) is 2.36. The van der Waals surface area contributed by atoms with E-state index in [1.54, 1.807) is 0 Å². The van der Waals surface area contributed by atoms with Crippen LogP contribution < -0.4 is 5.32 Å². The lowest BCUT2D eigenvalue weighted by atomic mass is 9.94. The lowest BCUT2D eigenvalue weighted by molar-refractivity contribution is 0.0612. The molecule has 3 unspecified atom stereocenters. The molecule has 1 N–H and O–H groups in total. The number of aryl methyl sites for hydroxylation is 1. The fourth-order valence-corrected chi connectivity index (χ4v) is 2.64. The maximum absolute atomic E-state index is 5.89. The standard InChI is InChI=1S/C15H24N2O/c1-4-16-14(15-12(3)7-8-18-15)9-13-6-5-11(2)10-17-13/h5-6,10,12,14-16H,4,7-9H2,1-3H3. The molecule has 2 heterocycles. The van der Waals surface area contributed by atoms with E-state index in [1.165, 1.54) is 12.0 Å². The van der Waals surface area contributed by atoms with Crippen LogP contribution in [0.5, 0.6) is 0 Å². The Hall–Kier alpha value is -0.930. The van der Waals surface area contributed by atoms with Crippen molar-refractivity contribution >= 4 is 0 Å². The molecule has 0 spiro atoms. The number of hydrogen-bond donors (Lipinski definition) is 1. The molecule has 18 heavy (non-hydrogen) atoms. The van der Waals surface area contributed by atoms with Gasteiger partial charge in [0.1, 0.15) is 0 Å². The van der Waals surface area contributed by atoms with Crippen molar-refractivity contribution in [2.75, 3.05) is 13.2 Å². The summed E-state index contributed by atoms with van der Waals surface area (Å²) in [6.07, 6.45) is 4.39. The highest BCUT2D eigenvalue weighted by molar-refractivity contribution is 5.13. The molecule has 2 rings (SSSR count). The highest BCUT2D eigenvalue weighted by atomic mass is 16.5. The molecule has 1 aliphatic rings. The van der Waals surface area contributed by atoms with Crippen molar-refractivity contribution < 1.29 is 4.74 Å². The smallest absolute Gasteiger partial charge is 0.0758 e. The summed E-state index contributed by atoms with van der Waals surface area (Å²) in [4.78, 5) is 4.50. The van der Waals surface area contributed by atoms with E-state index in [2.05, 4.69) is 43.2 Å². The molecule has 0 amide bonds. The minimum atomic E-state index is 0.327. The van der Waals surface area contributed by atoms with E-state index in [-0.39, 0.29) is 0 Å². The lowest BCUT2D eigenvalue weighted by Gasteiger charge is -2.26. The second-order valence-electron chi connectivity index (χ2n) is 5.30. The second kappa shape index (κ2) is 6.30. The minimum absolute atomic E-state index is 0.327. The SMILES string of the molecule is CCNC(Cc1ccc(C)cn1)C1OCCC1C. The Labute approximate surface area is 110 Å². The fraction of sp³-hybridized carbons (Fsp3) is 0.667. The monoisotopic (exact) mass is 248 g/mol. The highest BCUT2D eigenvalue weighted by Gasteiger charge is 2.31. The zero-order valence-corrected chi connectivity index (χ0v) is 11.6. The second-order valence-corrected chi connectivity index (χ2v) is 5.30. The Balaban J connectivity index is 2.03. The van der Waals surface area contributed by atoms with Gasteiger partial charge in [0.2, 0.25) is 0 Å². The molecule has 0 aliphatic carbocycles. The Morgan fingerprint density at radius 1 is 1.50 bits per heavy atom. The van der Waals surface area contributed by atoms with Crippen LogP contribution in [0.1, 0.15) is 31.5 Å². The number of hydrogen-bond acceptors (Lipinski definition) is 3. The van der Waals surface area contributed by atoms with Crippen molar-refractivity contribution in [3.63, 3.8) is 0 Å². The molecule has 1 aliphatic heterocycles. The highest BCUT2D eigenvalue weighted by Crippen LogP contribution is 2.24. The van der Waals surface area contributed by atoms with E-state index in [9.17, 15) is 0 Å². The van der Waals surface area contributed by atoms with Crippen molar-refractivity contribution in [1.29, 1.82) is 0 Å². The molecule has 0 bridgehead atoms. The quantitative estimate of drug-likeness (QED) is 0.868. The van der Waals surface area contributed by atoms with Gasteiger partial charge in [-0.2, -0.15) is 0 Å². The van der Waals surface area contributed by atoms with Gasteiger partial charge >= 0.3 is 0 Å². The molecular weight excluding hydrogens is 224 g/mol. The predicted molar refractivity (Wildman–Crippen MR) is 73.7 cm³/mol. The Morgan fingerprint density at radius 2 is 2.33 bits per heavy atom. The number of aromatic nitrogens is 1. The van der Waals surface area contributed by atoms with Gasteiger partial charge in [-0.1, -0.05) is 19.9 Å². The van der Waals surface area contributed by atoms with E-state index >= 15 is 0 Å². The molecule has 1 fully saturated rings. The average Bonchev–Trinajstić information content (AvgIpc) is 2.78. The maximum atomic E-state index is 5.89. The van der Waals surface area contributed by atoms with Crippen molar-refractivity contribution in [3.8, 4) is 0 Å². The van der Waals surface area contributed by atoms with Gasteiger partial charge in [0.25, 0.3) is 0 Å². The van der Waals surface area contributed by atoms with E-state index in [0.29, 0.717) is 18.1 Å². The van der Waals surface area contributed by atoms with Crippen LogP contribution in [0.4, 0.5) is 0 Å². The van der Waals surface area contributed by atoms with Gasteiger partial charge < -0.3 is 10.1 Å². The van der Waals surface area contributed by atoms with Gasteiger partial charge in [-0.25, -0.2) is 0 Å². The summed E-state index contributed by atoms with van der Waals surface area (Å²) in [6, 6.07) is 4.63. The molecule has 100 valence electrons. The third-order valence-electron chi connectivity index (χ3n) is 3.71. The summed E-state index contributed by atoms with van der Waals surface area (Å²) < 4.78 is 5.89. The molecule has 3 atom stereocenters. The first-order chi connectivity index (χ1) is 8.70. The van der Waals surface area contributed by atoms with Crippen LogP contribution in [-0.4, -0.2) is 30.3 Å². The van der Waals surface area contributed by atoms with Gasteiger partial charge in [-0.05, 0) is 37.4 Å². The number of likely N-dealkylation sites (N-methyl/N-ethyl adjacent to an activating group) is 1. The fourth-order valence-electron chi connectivity index (χ4n) is 2.64. The van der Waals surface area contributed by atoms with E-state index in [4.69, 9.17) is 4.74 Å². The van der Waals surface area contributed by atoms with Crippen molar-refractivity contribution in [3.05, 3.63) is 29.6 Å². The number of rotatable bonds is 5. The lowest BCUT2D eigenvalue weighted by Crippen LogP contribution is -2.43. The normalized spacial score (nSPS) is 25.3. The van der Waals surface area contributed by atoms with Gasteiger partial charge in [-0.15, -0.1) is 0 Å². The molecule has 1 aromatic rings. The number of pyridine rings is 1. The summed E-state index contributed by atoms with van der Waals surface area (Å²) in [6.45, 7) is 8.37. The largest absolute Gasteiger partial charge is 0.376 e. The van der Waals surface area contributed by atoms with E-state index in [1.807, 2.05) is 6.20 Å². The first-order valence-corrected chi connectivity index (χ1v) is 6.97. The molecule has 0 saturated carbocycles. The molecule has 0 aromatic carbocycles. The van der Waals surface area contributed by atoms with Crippen LogP contribution >= 0.6 is 0 Å². The molecule has 0 radical (unpaired) electrons. The topological polar surface area (TPSA) is 34.2 Å². The van der Waals surface area contributed by atoms with E-state index in [0.717, 1.165) is 25.3 Å². The number of nitrogens with zero attached hydrogens (tertiary/aromatic N) is 1. The third-order valence-corrected chi connectivity index (χ3v) is 3.71. The Bertz CT molecular complexity index is 363. The minimum Gasteiger partial charge on any atom is -0.376 e. The molecule has 3 nitrogen and oxygen atoms in total. The van der Waals surface area contributed by atoms with E-state index < -0.39 is 0 Å². The van der Waals surface area contributed by atoms with Crippen LogP contribution in [0, 0.1) is 12.8 Å². The zero-order valence-electron chi connectivity index (χ0n) is 11.6. The van der Waals surface area contributed by atoms with Gasteiger partial charge in [0.15, 0.2) is 0 Å². The van der Waals surface area contributed by atoms with Gasteiger partial charge in [0.05, 0.1) is 6.10 Å². The zero-order chi connectivity index (χ0) is 13.0. The first-order valence-electron chi connectivity index (χ1n) is 6.97. The molecule has 3 heteroatoms. The maximum Gasteiger partial charge on any atom is 0.0758 e. The molecular formula is C15H24N2O. The van der Waals surface area contributed by atoms with Crippen LogP contribution in [0.25, 0.3) is 0 Å². The first kappa shape index (κ1) is 13.5. The summed E-state index contributed by atoms with van der Waals surface area (Å²) in [5.74, 6) is 0.638. The Morgan fingerprint density at radius 3 is 2.89 bits per heavy atom. The molecule has 1 aromatic heterocycles. The predicted octanol–water partition coefficient (Wildman–Crippen LogP) is 2.34. The number of nitrogens with one attached hydrogen (secondary N) is 1. The van der Waals surface area contributed by atoms with Crippen molar-refractivity contribution in [2.24, 2.45) is 5.92 Å². The summed E-state index contributed by atoms with van der Waals surface area (Å²) in [5, 5.41) is 3.55. The van der Waals surface area contributed by atoms with Gasteiger partial charge in [-0.3, -0.25) is 4.98 Å². The number of ether oxygens (including phenoxy) is 1. The van der Waals surface area contributed by atoms with Gasteiger partial charge in [0, 0.05) is 31.0 Å². The van der Waals surface area contributed by atoms with Crippen molar-refractivity contribution in [1.82, 2.24) is 10.3 Å². The van der Waals surface area contributed by atoms with Crippen LogP contribution in [0.2, 0.25) is 0 Å². The van der Waals surface area contributed by atoms with Crippen LogP contribution in [0.15, 0.2) is 18.3 Å². The van der Waals surface area contributed by atoms with Crippen LogP contribution in [-0.2, 0) is 11.2 Å². The molecule has 1 saturated heterocycles. The summed E-state index contributed by atoms with van der Waals surface area (Å²) >= 11 is 0. The third kappa shape index (κ3) is 3.30.